The molecule has 0 bridgehead atoms. The van der Waals surface area contributed by atoms with Crippen LogP contribution in [0.1, 0.15) is 160 Å². The molecule has 4 aromatic heterocycles. The van der Waals surface area contributed by atoms with E-state index in [0.717, 1.165) is 123 Å². The van der Waals surface area contributed by atoms with Gasteiger partial charge in [-0.1, -0.05) is 64.8 Å². The highest BCUT2D eigenvalue weighted by Crippen LogP contribution is 2.45. The van der Waals surface area contributed by atoms with Gasteiger partial charge >= 0.3 is 18.3 Å². The van der Waals surface area contributed by atoms with Crippen LogP contribution in [0.4, 0.5) is 14.4 Å². The monoisotopic (exact) mass is 1560 g/mol. The Morgan fingerprint density at radius 1 is 0.416 bits per heavy atom. The molecule has 5 amide bonds. The first kappa shape index (κ1) is 83.4. The number of H-pyrrole nitrogens is 4. The Morgan fingerprint density at radius 2 is 0.717 bits per heavy atom. The van der Waals surface area contributed by atoms with Crippen molar-refractivity contribution in [1.82, 2.24) is 65.2 Å². The smallest absolute Gasteiger partial charge is 0.410 e. The van der Waals surface area contributed by atoms with Crippen LogP contribution in [0.15, 0.2) is 97.6 Å². The van der Waals surface area contributed by atoms with E-state index in [1.54, 1.807) is 55.5 Å². The van der Waals surface area contributed by atoms with E-state index in [0.29, 0.717) is 107 Å². The lowest BCUT2D eigenvalue weighted by Gasteiger charge is -2.30. The molecule has 3 aliphatic heterocycles. The number of aromatic nitrogens is 8. The standard InChI is InChI=1S/C46H62N8O10.C38H49N5O6/c1-27(2)39(51-45(57)61-7)43(55)53-17-9-11-35(53)41-47-25-33(49-41)29-13-15-31(37(23-29)63-21-19-59-5)32-16-14-30(24-38(32)64-22-20-60-6)34-26-48-42(50-34)36-12-10-18-54(36)44(56)40(28(3)4)52-46(58)62-8;1-38(2,3)49-37(44)43-16-8-11-32(43)36-40-24-31(42-36)27-13-15-29(34(22-27)48-20-18-46-5)28-14-12-26(21-33(28)47-19-17-45-4)30-23-39-35(41-30)25-9-6-7-10-25/h13-16,23-28,35-36,39-40H,9-12,17-22H2,1-8H3,(H,47,49)(H,48,50)(H,51,57)(H,52,58);12-15,21-25,32H,6-11,16-20H2,1-5H3,(H,39,41)(H,40,42)/t35-,36-,39-,40-;32-/m00/s1. The zero-order chi connectivity index (χ0) is 80.3. The van der Waals surface area contributed by atoms with Crippen molar-refractivity contribution in [2.75, 3.05) is 115 Å². The summed E-state index contributed by atoms with van der Waals surface area (Å²) in [5.41, 5.74) is 9.65. The fourth-order valence-corrected chi connectivity index (χ4v) is 14.9. The van der Waals surface area contributed by atoms with E-state index in [2.05, 4.69) is 48.8 Å². The third-order valence-electron chi connectivity index (χ3n) is 20.7. The lowest BCUT2D eigenvalue weighted by atomic mass is 9.98. The van der Waals surface area contributed by atoms with Crippen LogP contribution in [0.2, 0.25) is 0 Å². The number of carbonyl (C=O) groups excluding carboxylic acids is 5. The fourth-order valence-electron chi connectivity index (χ4n) is 14.9. The SMILES string of the molecule is COCCOc1cc(-c2cnc(C3CCCC3)[nH]2)ccc1-c1ccc(-c2cnc([C@@H]3CCCN3C(=O)OC(C)(C)C)[nH]2)cc1OCCOC.COCCOc1cc(-c2cnc([C@@H]3CCCN3C(=O)[C@@H](NC(=O)OC)C(C)C)[nH]2)ccc1-c1ccc(-c2cnc([C@@H]3CCCN3C(=O)[C@@H](NC(=O)OC)C(C)C)[nH]2)cc1OCCOC. The van der Waals surface area contributed by atoms with Crippen LogP contribution in [-0.2, 0) is 42.7 Å². The molecular weight excluding hydrogens is 1450 g/mol. The lowest BCUT2D eigenvalue weighted by Crippen LogP contribution is -2.51. The van der Waals surface area contributed by atoms with E-state index in [1.807, 2.05) is 115 Å². The number of nitrogens with one attached hydrogen (secondary N) is 6. The Bertz CT molecular complexity index is 4320. The summed E-state index contributed by atoms with van der Waals surface area (Å²) in [7, 11) is 9.12. The summed E-state index contributed by atoms with van der Waals surface area (Å²) in [6.07, 6.45) is 15.3. The van der Waals surface area contributed by atoms with Gasteiger partial charge in [0.15, 0.2) is 0 Å². The molecule has 4 aliphatic rings. The summed E-state index contributed by atoms with van der Waals surface area (Å²) in [5.74, 6) is 5.56. The second-order valence-electron chi connectivity index (χ2n) is 30.3. The minimum atomic E-state index is -0.738. The Morgan fingerprint density at radius 3 is 1.02 bits per heavy atom. The molecule has 0 unspecified atom stereocenters. The third kappa shape index (κ3) is 20.9. The molecule has 5 atom stereocenters. The Kier molecular flexibility index (Phi) is 29.0. The molecule has 29 nitrogen and oxygen atoms in total. The van der Waals surface area contributed by atoms with Gasteiger partial charge in [-0.3, -0.25) is 14.5 Å². The second-order valence-corrected chi connectivity index (χ2v) is 30.3. The maximum absolute atomic E-state index is 13.8. The van der Waals surface area contributed by atoms with Gasteiger partial charge in [0.2, 0.25) is 11.8 Å². The molecule has 1 aliphatic carbocycles. The quantitative estimate of drug-likeness (QED) is 0.0168. The summed E-state index contributed by atoms with van der Waals surface area (Å²) in [5, 5.41) is 5.40. The van der Waals surface area contributed by atoms with E-state index in [4.69, 9.17) is 72.0 Å². The van der Waals surface area contributed by atoms with Crippen LogP contribution in [0.25, 0.3) is 67.3 Å². The van der Waals surface area contributed by atoms with Crippen molar-refractivity contribution in [2.45, 2.75) is 154 Å². The van der Waals surface area contributed by atoms with Crippen molar-refractivity contribution < 1.29 is 76.1 Å². The van der Waals surface area contributed by atoms with Gasteiger partial charge in [0.05, 0.1) is 106 Å². The molecule has 1 saturated carbocycles. The molecule has 12 rings (SSSR count). The van der Waals surface area contributed by atoms with Gasteiger partial charge in [-0.05, 0) is 133 Å². The van der Waals surface area contributed by atoms with Gasteiger partial charge in [0.25, 0.3) is 0 Å². The number of aromatic amines is 4. The van der Waals surface area contributed by atoms with Gasteiger partial charge in [-0.2, -0.15) is 0 Å². The summed E-state index contributed by atoms with van der Waals surface area (Å²) in [6.45, 7) is 17.9. The maximum Gasteiger partial charge on any atom is 0.410 e. The van der Waals surface area contributed by atoms with Crippen molar-refractivity contribution in [2.24, 2.45) is 11.8 Å². The predicted octanol–water partition coefficient (Wildman–Crippen LogP) is 14.2. The molecule has 7 heterocycles. The first-order chi connectivity index (χ1) is 54.6. The zero-order valence-corrected chi connectivity index (χ0v) is 67.4. The van der Waals surface area contributed by atoms with E-state index < -0.39 is 29.9 Å². The number of hydrogen-bond acceptors (Lipinski definition) is 20. The van der Waals surface area contributed by atoms with Crippen molar-refractivity contribution >= 4 is 30.1 Å². The molecule has 4 fully saturated rings. The number of carbonyl (C=O) groups is 5. The normalized spacial score (nSPS) is 16.9. The highest BCUT2D eigenvalue weighted by Gasteiger charge is 2.41. The van der Waals surface area contributed by atoms with Crippen molar-refractivity contribution in [1.29, 1.82) is 0 Å². The molecule has 3 saturated heterocycles. The van der Waals surface area contributed by atoms with E-state index in [-0.39, 0.29) is 47.9 Å². The molecule has 6 N–H and O–H groups in total. The first-order valence-electron chi connectivity index (χ1n) is 39.2. The second kappa shape index (κ2) is 39.3. The van der Waals surface area contributed by atoms with Crippen LogP contribution in [0, 0.1) is 11.8 Å². The van der Waals surface area contributed by atoms with Crippen LogP contribution < -0.4 is 29.6 Å². The number of benzene rings is 4. The Balaban J connectivity index is 0.000000231. The van der Waals surface area contributed by atoms with Gasteiger partial charge in [0.1, 0.15) is 90.4 Å². The van der Waals surface area contributed by atoms with Crippen molar-refractivity contribution in [3.63, 3.8) is 0 Å². The summed E-state index contributed by atoms with van der Waals surface area (Å²) in [6, 6.07) is 21.9. The van der Waals surface area contributed by atoms with Crippen LogP contribution in [-0.4, -0.2) is 217 Å². The van der Waals surface area contributed by atoms with E-state index >= 15 is 0 Å². The molecule has 8 aromatic rings. The highest BCUT2D eigenvalue weighted by molar-refractivity contribution is 5.88. The van der Waals surface area contributed by atoms with Gasteiger partial charge < -0.3 is 92.5 Å². The largest absolute Gasteiger partial charge is 0.491 e. The Labute approximate surface area is 660 Å². The number of amides is 5. The summed E-state index contributed by atoms with van der Waals surface area (Å²) >= 11 is 0. The molecular formula is C84H111N13O16. The van der Waals surface area contributed by atoms with Crippen LogP contribution in [0.5, 0.6) is 23.0 Å². The summed E-state index contributed by atoms with van der Waals surface area (Å²) < 4.78 is 61.9. The summed E-state index contributed by atoms with van der Waals surface area (Å²) in [4.78, 5) is 103. The van der Waals surface area contributed by atoms with Gasteiger partial charge in [0, 0.05) is 98.5 Å². The lowest BCUT2D eigenvalue weighted by molar-refractivity contribution is -0.136. The van der Waals surface area contributed by atoms with E-state index in [1.165, 1.54) is 39.9 Å². The van der Waals surface area contributed by atoms with Crippen LogP contribution in [0.3, 0.4) is 0 Å². The number of likely N-dealkylation sites (tertiary alicyclic amines) is 3. The molecule has 113 heavy (non-hydrogen) atoms. The number of alkyl carbamates (subject to hydrolysis) is 2. The minimum absolute atomic E-state index is 0.148. The number of hydrogen-bond donors (Lipinski definition) is 6. The average Bonchev–Trinajstić information content (AvgIpc) is 1.70. The predicted molar refractivity (Wildman–Crippen MR) is 425 cm³/mol. The van der Waals surface area contributed by atoms with Crippen molar-refractivity contribution in [3.8, 4) is 90.3 Å². The third-order valence-corrected chi connectivity index (χ3v) is 20.7. The van der Waals surface area contributed by atoms with Gasteiger partial charge in [-0.25, -0.2) is 34.3 Å². The number of methoxy groups -OCH3 is 6. The number of rotatable bonds is 32. The number of nitrogens with zero attached hydrogens (tertiary/aromatic N) is 7. The minimum Gasteiger partial charge on any atom is -0.491 e. The molecule has 0 radical (unpaired) electrons. The van der Waals surface area contributed by atoms with Crippen LogP contribution >= 0.6 is 0 Å². The Hall–Kier alpha value is -10.5. The zero-order valence-electron chi connectivity index (χ0n) is 67.4. The van der Waals surface area contributed by atoms with E-state index in [9.17, 15) is 24.0 Å². The van der Waals surface area contributed by atoms with Crippen molar-refractivity contribution in [3.05, 3.63) is 121 Å². The molecule has 0 spiro atoms. The van der Waals surface area contributed by atoms with Gasteiger partial charge in [-0.15, -0.1) is 0 Å². The number of imidazole rings is 4. The number of ether oxygens (including phenoxy) is 11. The fraction of sp³-hybridized carbons (Fsp3) is 0.512. The molecule has 29 heteroatoms. The topological polar surface area (TPSA) is 335 Å². The average molecular weight is 1560 g/mol. The first-order valence-corrected chi connectivity index (χ1v) is 39.2. The highest BCUT2D eigenvalue weighted by atomic mass is 16.6. The molecule has 4 aromatic carbocycles. The maximum atomic E-state index is 13.8. The molecule has 608 valence electrons.